The van der Waals surface area contributed by atoms with E-state index in [0.717, 1.165) is 6.42 Å². The molecular formula is C12H24N4O2S. The summed E-state index contributed by atoms with van der Waals surface area (Å²) in [5.74, 6) is 0. The van der Waals surface area contributed by atoms with E-state index in [-0.39, 0.29) is 17.0 Å². The number of nitrogens with zero attached hydrogens (tertiary/aromatic N) is 1. The Bertz CT molecular complexity index is 508. The summed E-state index contributed by atoms with van der Waals surface area (Å²) in [7, 11) is -3.52. The lowest BCUT2D eigenvalue weighted by Gasteiger charge is -2.13. The minimum absolute atomic E-state index is 0.0924. The summed E-state index contributed by atoms with van der Waals surface area (Å²) in [6.45, 7) is 9.95. The molecule has 0 fully saturated rings. The number of nitrogens with one attached hydrogen (secondary N) is 3. The van der Waals surface area contributed by atoms with Crippen molar-refractivity contribution in [2.75, 3.05) is 0 Å². The smallest absolute Gasteiger partial charge is 0.244 e. The van der Waals surface area contributed by atoms with Crippen molar-refractivity contribution in [2.24, 2.45) is 0 Å². The second kappa shape index (κ2) is 6.49. The van der Waals surface area contributed by atoms with Gasteiger partial charge in [0.15, 0.2) is 0 Å². The van der Waals surface area contributed by atoms with Crippen LogP contribution in [-0.2, 0) is 16.6 Å². The van der Waals surface area contributed by atoms with E-state index in [1.807, 2.05) is 27.7 Å². The number of aromatic nitrogens is 2. The highest BCUT2D eigenvalue weighted by molar-refractivity contribution is 7.89. The van der Waals surface area contributed by atoms with E-state index in [9.17, 15) is 8.42 Å². The standard InChI is InChI=1S/C12H24N4O2S/c1-6-9(4)16-19(17,18)12-10(5)14-15-11(12)7-13-8(2)3/h8-9,13,16H,6-7H2,1-5H3,(H,14,15). The molecule has 0 amide bonds. The van der Waals surface area contributed by atoms with E-state index in [1.54, 1.807) is 6.92 Å². The van der Waals surface area contributed by atoms with E-state index in [4.69, 9.17) is 0 Å². The Morgan fingerprint density at radius 2 is 1.95 bits per heavy atom. The molecule has 1 aromatic heterocycles. The van der Waals surface area contributed by atoms with Gasteiger partial charge in [0, 0.05) is 18.6 Å². The van der Waals surface area contributed by atoms with Gasteiger partial charge in [-0.3, -0.25) is 5.10 Å². The summed E-state index contributed by atoms with van der Waals surface area (Å²) in [5.41, 5.74) is 1.10. The third-order valence-electron chi connectivity index (χ3n) is 2.88. The first-order valence-electron chi connectivity index (χ1n) is 6.57. The Hall–Kier alpha value is -0.920. The zero-order valence-electron chi connectivity index (χ0n) is 12.2. The minimum Gasteiger partial charge on any atom is -0.309 e. The van der Waals surface area contributed by atoms with Crippen molar-refractivity contribution in [3.63, 3.8) is 0 Å². The van der Waals surface area contributed by atoms with Crippen LogP contribution in [0.15, 0.2) is 4.90 Å². The van der Waals surface area contributed by atoms with Gasteiger partial charge in [0.25, 0.3) is 0 Å². The Labute approximate surface area is 115 Å². The predicted molar refractivity (Wildman–Crippen MR) is 75.4 cm³/mol. The summed E-state index contributed by atoms with van der Waals surface area (Å²) in [5, 5.41) is 10.0. The first kappa shape index (κ1) is 16.1. The third kappa shape index (κ3) is 4.29. The molecule has 19 heavy (non-hydrogen) atoms. The molecule has 0 saturated carbocycles. The lowest BCUT2D eigenvalue weighted by atomic mass is 10.3. The molecule has 0 aliphatic heterocycles. The summed E-state index contributed by atoms with van der Waals surface area (Å²) >= 11 is 0. The number of rotatable bonds is 7. The maximum atomic E-state index is 12.4. The Morgan fingerprint density at radius 3 is 2.47 bits per heavy atom. The maximum Gasteiger partial charge on any atom is 0.244 e. The van der Waals surface area contributed by atoms with E-state index >= 15 is 0 Å². The third-order valence-corrected chi connectivity index (χ3v) is 4.67. The van der Waals surface area contributed by atoms with E-state index in [2.05, 4.69) is 20.2 Å². The number of H-pyrrole nitrogens is 1. The minimum atomic E-state index is -3.52. The average Bonchev–Trinajstić information content (AvgIpc) is 2.67. The summed E-state index contributed by atoms with van der Waals surface area (Å²) in [6, 6.07) is 0.181. The van der Waals surface area contributed by atoms with Gasteiger partial charge in [0.1, 0.15) is 4.90 Å². The maximum absolute atomic E-state index is 12.4. The first-order chi connectivity index (χ1) is 8.77. The average molecular weight is 288 g/mol. The van der Waals surface area contributed by atoms with E-state index in [1.165, 1.54) is 0 Å². The largest absolute Gasteiger partial charge is 0.309 e. The van der Waals surface area contributed by atoms with Crippen molar-refractivity contribution in [1.29, 1.82) is 0 Å². The van der Waals surface area contributed by atoms with Crippen molar-refractivity contribution in [3.05, 3.63) is 11.4 Å². The second-order valence-corrected chi connectivity index (χ2v) is 6.74. The van der Waals surface area contributed by atoms with Crippen molar-refractivity contribution in [3.8, 4) is 0 Å². The topological polar surface area (TPSA) is 86.9 Å². The van der Waals surface area contributed by atoms with E-state index < -0.39 is 10.0 Å². The molecule has 1 unspecified atom stereocenters. The van der Waals surface area contributed by atoms with E-state index in [0.29, 0.717) is 17.9 Å². The number of hydrogen-bond donors (Lipinski definition) is 3. The van der Waals surface area contributed by atoms with Gasteiger partial charge in [0.05, 0.1) is 11.4 Å². The van der Waals surface area contributed by atoms with Crippen molar-refractivity contribution in [2.45, 2.75) is 64.6 Å². The SMILES string of the molecule is CCC(C)NS(=O)(=O)c1c(CNC(C)C)n[nH]c1C. The Kier molecular flexibility index (Phi) is 5.51. The fraction of sp³-hybridized carbons (Fsp3) is 0.750. The van der Waals surface area contributed by atoms with Crippen molar-refractivity contribution < 1.29 is 8.42 Å². The quantitative estimate of drug-likeness (QED) is 0.705. The van der Waals surface area contributed by atoms with Crippen LogP contribution in [0.3, 0.4) is 0 Å². The van der Waals surface area contributed by atoms with Gasteiger partial charge in [-0.05, 0) is 20.3 Å². The Morgan fingerprint density at radius 1 is 1.32 bits per heavy atom. The second-order valence-electron chi connectivity index (χ2n) is 5.09. The van der Waals surface area contributed by atoms with Gasteiger partial charge in [-0.2, -0.15) is 5.10 Å². The lowest BCUT2D eigenvalue weighted by molar-refractivity contribution is 0.548. The fourth-order valence-electron chi connectivity index (χ4n) is 1.65. The molecule has 0 aliphatic rings. The Balaban J connectivity index is 3.01. The van der Waals surface area contributed by atoms with Crippen LogP contribution < -0.4 is 10.0 Å². The first-order valence-corrected chi connectivity index (χ1v) is 8.05. The zero-order valence-corrected chi connectivity index (χ0v) is 13.1. The molecule has 0 radical (unpaired) electrons. The molecule has 1 atom stereocenters. The van der Waals surface area contributed by atoms with Crippen LogP contribution in [0.4, 0.5) is 0 Å². The monoisotopic (exact) mass is 288 g/mol. The summed E-state index contributed by atoms with van der Waals surface area (Å²) in [6.07, 6.45) is 0.746. The molecule has 3 N–H and O–H groups in total. The number of hydrogen-bond acceptors (Lipinski definition) is 4. The van der Waals surface area contributed by atoms with Crippen LogP contribution in [0.5, 0.6) is 0 Å². The van der Waals surface area contributed by atoms with Gasteiger partial charge in [-0.15, -0.1) is 0 Å². The van der Waals surface area contributed by atoms with Crippen LogP contribution in [0.2, 0.25) is 0 Å². The van der Waals surface area contributed by atoms with Crippen LogP contribution in [0, 0.1) is 6.92 Å². The van der Waals surface area contributed by atoms with Gasteiger partial charge < -0.3 is 5.32 Å². The summed E-state index contributed by atoms with van der Waals surface area (Å²) < 4.78 is 27.4. The van der Waals surface area contributed by atoms with Gasteiger partial charge >= 0.3 is 0 Å². The van der Waals surface area contributed by atoms with Crippen molar-refractivity contribution >= 4 is 10.0 Å². The predicted octanol–water partition coefficient (Wildman–Crippen LogP) is 1.29. The van der Waals surface area contributed by atoms with Gasteiger partial charge in [-0.25, -0.2) is 13.1 Å². The molecule has 1 aromatic rings. The van der Waals surface area contributed by atoms with Crippen LogP contribution in [0.25, 0.3) is 0 Å². The van der Waals surface area contributed by atoms with Crippen LogP contribution in [-0.4, -0.2) is 30.7 Å². The molecule has 110 valence electrons. The highest BCUT2D eigenvalue weighted by Crippen LogP contribution is 2.18. The van der Waals surface area contributed by atoms with Crippen LogP contribution >= 0.6 is 0 Å². The molecule has 0 bridgehead atoms. The number of sulfonamides is 1. The molecule has 0 spiro atoms. The zero-order chi connectivity index (χ0) is 14.6. The number of aromatic amines is 1. The molecule has 1 rings (SSSR count). The van der Waals surface area contributed by atoms with Gasteiger partial charge in [0.2, 0.25) is 10.0 Å². The molecule has 7 heteroatoms. The number of aryl methyl sites for hydroxylation is 1. The van der Waals surface area contributed by atoms with Gasteiger partial charge in [-0.1, -0.05) is 20.8 Å². The molecular weight excluding hydrogens is 264 g/mol. The molecule has 0 saturated heterocycles. The summed E-state index contributed by atoms with van der Waals surface area (Å²) in [4.78, 5) is 0.265. The fourth-order valence-corrected chi connectivity index (χ4v) is 3.34. The van der Waals surface area contributed by atoms with Crippen LogP contribution in [0.1, 0.15) is 45.5 Å². The molecule has 6 nitrogen and oxygen atoms in total. The molecule has 0 aromatic carbocycles. The highest BCUT2D eigenvalue weighted by Gasteiger charge is 2.25. The molecule has 0 aliphatic carbocycles. The highest BCUT2D eigenvalue weighted by atomic mass is 32.2. The lowest BCUT2D eigenvalue weighted by Crippen LogP contribution is -2.33. The molecule has 1 heterocycles. The van der Waals surface area contributed by atoms with Crippen molar-refractivity contribution in [1.82, 2.24) is 20.2 Å². The normalized spacial score (nSPS) is 14.0.